The van der Waals surface area contributed by atoms with Gasteiger partial charge in [0.05, 0.1) is 0 Å². The quantitative estimate of drug-likeness (QED) is 0.736. The highest BCUT2D eigenvalue weighted by molar-refractivity contribution is 5.98. The molecule has 0 unspecified atom stereocenters. The maximum atomic E-state index is 13.2. The largest absolute Gasteiger partial charge is 0.299 e. The fourth-order valence-electron chi connectivity index (χ4n) is 6.51. The van der Waals surface area contributed by atoms with E-state index in [4.69, 9.17) is 0 Å². The molecule has 0 spiro atoms. The van der Waals surface area contributed by atoms with Gasteiger partial charge in [0.15, 0.2) is 11.6 Å². The number of ketones is 3. The van der Waals surface area contributed by atoms with Crippen molar-refractivity contribution in [3.63, 3.8) is 0 Å². The maximum absolute atomic E-state index is 13.2. The molecule has 3 nitrogen and oxygen atoms in total. The number of carbonyl (C=O) groups excluding carboxylic acids is 3. The Hall–Kier alpha value is -1.51. The van der Waals surface area contributed by atoms with Gasteiger partial charge >= 0.3 is 0 Å². The highest BCUT2D eigenvalue weighted by atomic mass is 16.1. The second-order valence-electron chi connectivity index (χ2n) is 8.81. The lowest BCUT2D eigenvalue weighted by molar-refractivity contribution is -0.143. The number of rotatable bonds is 1. The molecular weight excluding hydrogens is 300 g/mol. The lowest BCUT2D eigenvalue weighted by Crippen LogP contribution is -2.54. The summed E-state index contributed by atoms with van der Waals surface area (Å²) in [5.74, 6) is 1.43. The van der Waals surface area contributed by atoms with Gasteiger partial charge in [-0.2, -0.15) is 0 Å². The van der Waals surface area contributed by atoms with Gasteiger partial charge in [0.1, 0.15) is 5.78 Å². The van der Waals surface area contributed by atoms with Gasteiger partial charge in [-0.1, -0.05) is 25.5 Å². The summed E-state index contributed by atoms with van der Waals surface area (Å²) in [6.07, 6.45) is 8.61. The molecule has 5 atom stereocenters. The third-order valence-corrected chi connectivity index (χ3v) is 7.62. The lowest BCUT2D eigenvalue weighted by Gasteiger charge is -2.56. The molecule has 0 aromatic carbocycles. The summed E-state index contributed by atoms with van der Waals surface area (Å²) in [5, 5.41) is 0. The average molecular weight is 326 g/mol. The molecule has 2 fully saturated rings. The van der Waals surface area contributed by atoms with E-state index in [9.17, 15) is 14.4 Å². The van der Waals surface area contributed by atoms with Gasteiger partial charge in [-0.25, -0.2) is 0 Å². The summed E-state index contributed by atoms with van der Waals surface area (Å²) < 4.78 is 0. The summed E-state index contributed by atoms with van der Waals surface area (Å²) in [4.78, 5) is 37.2. The van der Waals surface area contributed by atoms with Gasteiger partial charge < -0.3 is 0 Å². The molecule has 4 rings (SSSR count). The number of carbonyl (C=O) groups is 3. The Morgan fingerprint density at radius 2 is 1.92 bits per heavy atom. The number of allylic oxidation sites excluding steroid dienone is 4. The molecule has 0 heterocycles. The molecule has 0 saturated heterocycles. The SMILES string of the molecule is CC(=O)C1=CC[C@@H]2[C@H]3CCC4=CC(=O)CC[C@@]4(C)[C@@H]3C(=O)C[C@]12C. The molecule has 128 valence electrons. The molecule has 0 N–H and O–H groups in total. The first-order valence-corrected chi connectivity index (χ1v) is 9.25. The molecular formula is C21H26O3. The van der Waals surface area contributed by atoms with E-state index in [2.05, 4.69) is 19.9 Å². The summed E-state index contributed by atoms with van der Waals surface area (Å²) in [7, 11) is 0. The van der Waals surface area contributed by atoms with E-state index in [1.165, 1.54) is 5.57 Å². The number of Topliss-reactive ketones (excluding diaryl/α,β-unsaturated/α-hetero) is 2. The lowest BCUT2D eigenvalue weighted by atomic mass is 9.46. The zero-order chi connectivity index (χ0) is 17.3. The second-order valence-corrected chi connectivity index (χ2v) is 8.81. The van der Waals surface area contributed by atoms with Crippen molar-refractivity contribution < 1.29 is 14.4 Å². The summed E-state index contributed by atoms with van der Waals surface area (Å²) in [5.41, 5.74) is 1.67. The highest BCUT2D eigenvalue weighted by Gasteiger charge is 2.60. The van der Waals surface area contributed by atoms with Gasteiger partial charge in [0, 0.05) is 24.2 Å². The molecule has 0 aromatic rings. The smallest absolute Gasteiger partial charge is 0.156 e. The first kappa shape index (κ1) is 16.0. The molecule has 2 saturated carbocycles. The van der Waals surface area contributed by atoms with Gasteiger partial charge in [-0.15, -0.1) is 0 Å². The minimum Gasteiger partial charge on any atom is -0.299 e. The molecule has 24 heavy (non-hydrogen) atoms. The molecule has 0 aliphatic heterocycles. The van der Waals surface area contributed by atoms with Crippen LogP contribution in [0.3, 0.4) is 0 Å². The molecule has 4 aliphatic carbocycles. The first-order valence-electron chi connectivity index (χ1n) is 9.25. The van der Waals surface area contributed by atoms with Crippen LogP contribution >= 0.6 is 0 Å². The Bertz CT molecular complexity index is 713. The third-order valence-electron chi connectivity index (χ3n) is 7.62. The predicted molar refractivity (Wildman–Crippen MR) is 91.2 cm³/mol. The highest BCUT2D eigenvalue weighted by Crippen LogP contribution is 2.64. The fourth-order valence-corrected chi connectivity index (χ4v) is 6.51. The van der Waals surface area contributed by atoms with Crippen molar-refractivity contribution >= 4 is 17.3 Å². The van der Waals surface area contributed by atoms with E-state index in [1.807, 2.05) is 6.08 Å². The van der Waals surface area contributed by atoms with Crippen LogP contribution in [0.5, 0.6) is 0 Å². The van der Waals surface area contributed by atoms with Gasteiger partial charge in [-0.3, -0.25) is 14.4 Å². The Labute approximate surface area is 143 Å². The Morgan fingerprint density at radius 1 is 1.17 bits per heavy atom. The van der Waals surface area contributed by atoms with E-state index >= 15 is 0 Å². The van der Waals surface area contributed by atoms with E-state index in [1.54, 1.807) is 6.92 Å². The number of hydrogen-bond donors (Lipinski definition) is 0. The first-order chi connectivity index (χ1) is 11.3. The van der Waals surface area contributed by atoms with Gasteiger partial charge in [0.2, 0.25) is 0 Å². The second kappa shape index (κ2) is 5.00. The Balaban J connectivity index is 1.75. The van der Waals surface area contributed by atoms with E-state index in [0.29, 0.717) is 30.5 Å². The molecule has 0 radical (unpaired) electrons. The predicted octanol–water partition coefficient (Wildman–Crippen LogP) is 3.82. The minimum atomic E-state index is -0.272. The third kappa shape index (κ3) is 1.93. The van der Waals surface area contributed by atoms with Gasteiger partial charge in [0.25, 0.3) is 0 Å². The van der Waals surface area contributed by atoms with Crippen LogP contribution in [0.4, 0.5) is 0 Å². The van der Waals surface area contributed by atoms with E-state index in [-0.39, 0.29) is 28.3 Å². The van der Waals surface area contributed by atoms with Crippen molar-refractivity contribution in [2.45, 2.75) is 59.3 Å². The van der Waals surface area contributed by atoms with Gasteiger partial charge in [-0.05, 0) is 61.5 Å². The summed E-state index contributed by atoms with van der Waals surface area (Å²) in [6.45, 7) is 5.97. The minimum absolute atomic E-state index is 0.0309. The standard InChI is InChI=1S/C21H26O3/c1-12(22)16-6-7-17-15-5-4-13-10-14(23)8-9-20(13,2)19(15)18(24)11-21(16,17)3/h6,10,15,17,19H,4-5,7-9,11H2,1-3H3/t15-,17-,19+,20-,21-/m1/s1. The monoisotopic (exact) mass is 326 g/mol. The molecule has 0 aromatic heterocycles. The Kier molecular flexibility index (Phi) is 3.33. The van der Waals surface area contributed by atoms with Crippen molar-refractivity contribution in [2.24, 2.45) is 28.6 Å². The molecule has 3 heteroatoms. The van der Waals surface area contributed by atoms with Crippen molar-refractivity contribution in [3.8, 4) is 0 Å². The zero-order valence-corrected chi connectivity index (χ0v) is 14.9. The summed E-state index contributed by atoms with van der Waals surface area (Å²) >= 11 is 0. The summed E-state index contributed by atoms with van der Waals surface area (Å²) in [6, 6.07) is 0. The molecule has 0 amide bonds. The Morgan fingerprint density at radius 3 is 2.62 bits per heavy atom. The van der Waals surface area contributed by atoms with Crippen LogP contribution < -0.4 is 0 Å². The maximum Gasteiger partial charge on any atom is 0.156 e. The van der Waals surface area contributed by atoms with Crippen LogP contribution in [0, 0.1) is 28.6 Å². The van der Waals surface area contributed by atoms with Crippen LogP contribution in [0.15, 0.2) is 23.3 Å². The van der Waals surface area contributed by atoms with Crippen molar-refractivity contribution in [1.82, 2.24) is 0 Å². The fraction of sp³-hybridized carbons (Fsp3) is 0.667. The van der Waals surface area contributed by atoms with Crippen molar-refractivity contribution in [2.75, 3.05) is 0 Å². The number of fused-ring (bicyclic) bond motifs is 5. The van der Waals surface area contributed by atoms with Crippen LogP contribution in [0.25, 0.3) is 0 Å². The normalized spacial score (nSPS) is 44.2. The number of hydrogen-bond acceptors (Lipinski definition) is 3. The topological polar surface area (TPSA) is 51.2 Å². The van der Waals surface area contributed by atoms with Crippen LogP contribution in [-0.2, 0) is 14.4 Å². The van der Waals surface area contributed by atoms with Crippen LogP contribution in [0.2, 0.25) is 0 Å². The van der Waals surface area contributed by atoms with Crippen LogP contribution in [-0.4, -0.2) is 17.3 Å². The molecule has 0 bridgehead atoms. The molecule has 4 aliphatic rings. The average Bonchev–Trinajstić information content (AvgIpc) is 2.84. The van der Waals surface area contributed by atoms with E-state index < -0.39 is 0 Å². The van der Waals surface area contributed by atoms with Crippen molar-refractivity contribution in [1.29, 1.82) is 0 Å². The zero-order valence-electron chi connectivity index (χ0n) is 14.9. The van der Waals surface area contributed by atoms with Crippen LogP contribution in [0.1, 0.15) is 59.3 Å². The van der Waals surface area contributed by atoms with E-state index in [0.717, 1.165) is 31.3 Å². The van der Waals surface area contributed by atoms with Crippen molar-refractivity contribution in [3.05, 3.63) is 23.3 Å².